The summed E-state index contributed by atoms with van der Waals surface area (Å²) in [5.74, 6) is -2.03. The van der Waals surface area contributed by atoms with E-state index in [1.165, 1.54) is 25.1 Å². The number of esters is 1. The number of rotatable bonds is 6. The maximum absolute atomic E-state index is 11.4. The molecule has 1 aromatic carbocycles. The van der Waals surface area contributed by atoms with Gasteiger partial charge in [-0.05, 0) is 25.1 Å². The standard InChI is InChI=1S/C11H13Cl2O6P.K/c1-7(20(15,16)17-2)19-11(14)6-18-10-4-3-8(12)5-9(10)13;/h3-5,7H,6H2,1-2H3,(H,15,16);/q;+1/p-1. The Hall–Kier alpha value is 0.856. The zero-order chi connectivity index (χ0) is 15.3. The first kappa shape index (κ1) is 21.9. The van der Waals surface area contributed by atoms with Crippen molar-refractivity contribution in [1.29, 1.82) is 0 Å². The molecule has 1 aromatic rings. The fourth-order valence-corrected chi connectivity index (χ4v) is 2.17. The number of carbonyl (C=O) groups is 1. The largest absolute Gasteiger partial charge is 1.00 e. The summed E-state index contributed by atoms with van der Waals surface area (Å²) in [6, 6.07) is 4.46. The first-order valence-electron chi connectivity index (χ1n) is 5.40. The second-order valence-corrected chi connectivity index (χ2v) is 6.69. The molecule has 0 radical (unpaired) electrons. The van der Waals surface area contributed by atoms with Gasteiger partial charge in [0.25, 0.3) is 0 Å². The number of carbonyl (C=O) groups excluding carboxylic acids is 1. The summed E-state index contributed by atoms with van der Waals surface area (Å²) in [6.45, 7) is 0.694. The van der Waals surface area contributed by atoms with Gasteiger partial charge in [-0.2, -0.15) is 0 Å². The minimum atomic E-state index is -4.22. The van der Waals surface area contributed by atoms with Crippen molar-refractivity contribution in [3.05, 3.63) is 28.2 Å². The van der Waals surface area contributed by atoms with Crippen LogP contribution in [0.2, 0.25) is 10.0 Å². The van der Waals surface area contributed by atoms with Gasteiger partial charge in [0.05, 0.1) is 5.02 Å². The molecule has 112 valence electrons. The van der Waals surface area contributed by atoms with E-state index in [0.717, 1.165) is 7.11 Å². The monoisotopic (exact) mass is 380 g/mol. The fourth-order valence-electron chi connectivity index (χ4n) is 1.17. The molecule has 6 nitrogen and oxygen atoms in total. The molecule has 0 fully saturated rings. The maximum Gasteiger partial charge on any atom is 1.00 e. The zero-order valence-corrected chi connectivity index (χ0v) is 17.2. The van der Waals surface area contributed by atoms with Crippen molar-refractivity contribution in [3.8, 4) is 5.75 Å². The minimum absolute atomic E-state index is 0. The second-order valence-electron chi connectivity index (χ2n) is 3.67. The van der Waals surface area contributed by atoms with Crippen LogP contribution < -0.4 is 61.0 Å². The molecule has 0 saturated carbocycles. The molecular weight excluding hydrogens is 369 g/mol. The van der Waals surface area contributed by atoms with Gasteiger partial charge in [-0.3, -0.25) is 0 Å². The van der Waals surface area contributed by atoms with E-state index in [2.05, 4.69) is 9.26 Å². The Labute approximate surface area is 175 Å². The third kappa shape index (κ3) is 7.31. The third-order valence-corrected chi connectivity index (χ3v) is 4.28. The molecule has 2 atom stereocenters. The molecule has 0 heterocycles. The summed E-state index contributed by atoms with van der Waals surface area (Å²) in [6.07, 6.45) is 0. The molecule has 0 N–H and O–H groups in total. The maximum atomic E-state index is 11.4. The van der Waals surface area contributed by atoms with Crippen molar-refractivity contribution in [2.75, 3.05) is 13.7 Å². The van der Waals surface area contributed by atoms with Crippen LogP contribution >= 0.6 is 30.8 Å². The SMILES string of the molecule is COP(=O)([O-])C(C)OC(=O)COc1ccc(Cl)cc1Cl.[K+]. The van der Waals surface area contributed by atoms with Crippen LogP contribution in [-0.4, -0.2) is 25.5 Å². The van der Waals surface area contributed by atoms with E-state index in [-0.39, 0.29) is 62.2 Å². The number of ether oxygens (including phenoxy) is 2. The first-order valence-corrected chi connectivity index (χ1v) is 7.77. The summed E-state index contributed by atoms with van der Waals surface area (Å²) < 4.78 is 25.3. The van der Waals surface area contributed by atoms with Gasteiger partial charge in [0.2, 0.25) is 0 Å². The summed E-state index contributed by atoms with van der Waals surface area (Å²) in [7, 11) is -3.23. The predicted molar refractivity (Wildman–Crippen MR) is 72.1 cm³/mol. The molecule has 0 aliphatic rings. The van der Waals surface area contributed by atoms with Gasteiger partial charge in [-0.15, -0.1) is 0 Å². The van der Waals surface area contributed by atoms with Crippen LogP contribution in [0.4, 0.5) is 0 Å². The summed E-state index contributed by atoms with van der Waals surface area (Å²) >= 11 is 11.5. The third-order valence-electron chi connectivity index (χ3n) is 2.24. The van der Waals surface area contributed by atoms with E-state index in [4.69, 9.17) is 27.9 Å². The first-order chi connectivity index (χ1) is 9.26. The molecule has 0 aliphatic carbocycles. The van der Waals surface area contributed by atoms with E-state index in [1.807, 2.05) is 0 Å². The molecule has 0 amide bonds. The van der Waals surface area contributed by atoms with Gasteiger partial charge >= 0.3 is 57.4 Å². The number of benzene rings is 1. The topological polar surface area (TPSA) is 84.9 Å². The van der Waals surface area contributed by atoms with Gasteiger partial charge in [0.15, 0.2) is 20.0 Å². The number of hydrogen-bond donors (Lipinski definition) is 0. The van der Waals surface area contributed by atoms with Crippen molar-refractivity contribution >= 4 is 36.8 Å². The van der Waals surface area contributed by atoms with Crippen molar-refractivity contribution in [2.45, 2.75) is 12.8 Å². The Balaban J connectivity index is 0.00000400. The Morgan fingerprint density at radius 2 is 2.05 bits per heavy atom. The zero-order valence-electron chi connectivity index (χ0n) is 11.7. The fraction of sp³-hybridized carbons (Fsp3) is 0.364. The quantitative estimate of drug-likeness (QED) is 0.374. The molecular formula is C11H12Cl2KO6P. The molecule has 10 heteroatoms. The smallest absolute Gasteiger partial charge is 0.776 e. The number of halogens is 2. The van der Waals surface area contributed by atoms with E-state index in [9.17, 15) is 14.3 Å². The van der Waals surface area contributed by atoms with Gasteiger partial charge < -0.3 is 23.5 Å². The van der Waals surface area contributed by atoms with E-state index >= 15 is 0 Å². The molecule has 0 spiro atoms. The molecule has 2 unspecified atom stereocenters. The van der Waals surface area contributed by atoms with E-state index < -0.39 is 26.0 Å². The van der Waals surface area contributed by atoms with Crippen molar-refractivity contribution in [2.24, 2.45) is 0 Å². The second kappa shape index (κ2) is 9.88. The molecule has 1 rings (SSSR count). The molecule has 21 heavy (non-hydrogen) atoms. The van der Waals surface area contributed by atoms with Crippen LogP contribution in [0, 0.1) is 0 Å². The van der Waals surface area contributed by atoms with Crippen molar-refractivity contribution in [1.82, 2.24) is 0 Å². The molecule has 0 bridgehead atoms. The van der Waals surface area contributed by atoms with Crippen LogP contribution in [0.1, 0.15) is 6.92 Å². The Morgan fingerprint density at radius 3 is 2.57 bits per heavy atom. The van der Waals surface area contributed by atoms with Crippen LogP contribution in [0.15, 0.2) is 18.2 Å². The normalized spacial score (nSPS) is 14.5. The minimum Gasteiger partial charge on any atom is -0.776 e. The van der Waals surface area contributed by atoms with E-state index in [1.54, 1.807) is 0 Å². The predicted octanol–water partition coefficient (Wildman–Crippen LogP) is -0.535. The molecule has 0 aliphatic heterocycles. The van der Waals surface area contributed by atoms with Crippen molar-refractivity contribution < 1.29 is 79.6 Å². The van der Waals surface area contributed by atoms with Crippen molar-refractivity contribution in [3.63, 3.8) is 0 Å². The Bertz CT molecular complexity index is 541. The number of hydrogen-bond acceptors (Lipinski definition) is 6. The summed E-state index contributed by atoms with van der Waals surface area (Å²) in [5.41, 5.74) is 0. The van der Waals surface area contributed by atoms with Gasteiger partial charge in [0.1, 0.15) is 5.75 Å². The van der Waals surface area contributed by atoms with Gasteiger partial charge in [-0.1, -0.05) is 23.2 Å². The van der Waals surface area contributed by atoms with E-state index in [0.29, 0.717) is 5.02 Å². The summed E-state index contributed by atoms with van der Waals surface area (Å²) in [5, 5.41) is 0.649. The Morgan fingerprint density at radius 1 is 1.43 bits per heavy atom. The average molecular weight is 381 g/mol. The van der Waals surface area contributed by atoms with Gasteiger partial charge in [0, 0.05) is 12.1 Å². The van der Waals surface area contributed by atoms with Crippen LogP contribution in [0.25, 0.3) is 0 Å². The van der Waals surface area contributed by atoms with Gasteiger partial charge in [-0.25, -0.2) is 4.79 Å². The molecule has 0 aromatic heterocycles. The Kier molecular flexibility index (Phi) is 10.3. The van der Waals surface area contributed by atoms with Crippen LogP contribution in [0.3, 0.4) is 0 Å². The van der Waals surface area contributed by atoms with Crippen LogP contribution in [0.5, 0.6) is 5.75 Å². The average Bonchev–Trinajstić information content (AvgIpc) is 2.37. The summed E-state index contributed by atoms with van der Waals surface area (Å²) in [4.78, 5) is 22.7. The van der Waals surface area contributed by atoms with Crippen LogP contribution in [-0.2, 0) is 18.6 Å². The molecule has 0 saturated heterocycles.